The number of ether oxygens (including phenoxy) is 1. The van der Waals surface area contributed by atoms with Gasteiger partial charge in [-0.15, -0.1) is 12.4 Å². The van der Waals surface area contributed by atoms with Crippen molar-refractivity contribution in [1.82, 2.24) is 10.2 Å². The van der Waals surface area contributed by atoms with Gasteiger partial charge in [0.05, 0.1) is 19.3 Å². The molecule has 0 saturated carbocycles. The molecule has 1 amide bonds. The maximum absolute atomic E-state index is 12.3. The van der Waals surface area contributed by atoms with Crippen LogP contribution in [0.1, 0.15) is 19.8 Å². The molecule has 2 N–H and O–H groups in total. The number of rotatable bonds is 7. The Morgan fingerprint density at radius 3 is 2.70 bits per heavy atom. The summed E-state index contributed by atoms with van der Waals surface area (Å²) in [6, 6.07) is 7.50. The number of nitrogens with zero attached hydrogens (tertiary/aromatic N) is 1. The number of benzene rings is 1. The fraction of sp³-hybridized carbons (Fsp3) is 0.588. The van der Waals surface area contributed by atoms with Crippen LogP contribution < -0.4 is 15.4 Å². The zero-order valence-electron chi connectivity index (χ0n) is 14.0. The number of carbonyl (C=O) groups excluding carboxylic acids is 1. The third-order valence-electron chi connectivity index (χ3n) is 4.17. The van der Waals surface area contributed by atoms with Gasteiger partial charge >= 0.3 is 0 Å². The van der Waals surface area contributed by atoms with Crippen LogP contribution in [0.5, 0.6) is 5.75 Å². The van der Waals surface area contributed by atoms with Crippen molar-refractivity contribution in [3.05, 3.63) is 24.3 Å². The predicted octanol–water partition coefficient (Wildman–Crippen LogP) is 2.38. The number of anilines is 1. The number of hydrogen-bond acceptors (Lipinski definition) is 4. The fourth-order valence-electron chi connectivity index (χ4n) is 2.88. The maximum Gasteiger partial charge on any atom is 0.238 e. The molecule has 6 heteroatoms. The van der Waals surface area contributed by atoms with Crippen LogP contribution in [-0.2, 0) is 4.79 Å². The van der Waals surface area contributed by atoms with E-state index in [4.69, 9.17) is 4.74 Å². The number of amides is 1. The van der Waals surface area contributed by atoms with Crippen molar-refractivity contribution in [3.8, 4) is 5.75 Å². The average Bonchev–Trinajstić information content (AvgIpc) is 2.55. The van der Waals surface area contributed by atoms with Crippen LogP contribution in [0.25, 0.3) is 0 Å². The van der Waals surface area contributed by atoms with Crippen LogP contribution >= 0.6 is 12.4 Å². The number of nitrogens with one attached hydrogen (secondary N) is 2. The van der Waals surface area contributed by atoms with Gasteiger partial charge < -0.3 is 15.4 Å². The smallest absolute Gasteiger partial charge is 0.238 e. The first-order valence-corrected chi connectivity index (χ1v) is 8.09. The molecule has 0 atom stereocenters. The van der Waals surface area contributed by atoms with Crippen molar-refractivity contribution < 1.29 is 9.53 Å². The highest BCUT2D eigenvalue weighted by atomic mass is 35.5. The standard InChI is InChI=1S/C17H27N3O2.ClH/c1-3-20(12-14-8-10-18-11-9-14)13-17(21)19-15-6-4-5-7-16(15)22-2;/h4-7,14,18H,3,8-13H2,1-2H3,(H,19,21);1H. The minimum atomic E-state index is 0. The molecule has 1 aromatic rings. The highest BCUT2D eigenvalue weighted by molar-refractivity contribution is 5.93. The highest BCUT2D eigenvalue weighted by Gasteiger charge is 2.18. The number of hydrogen-bond donors (Lipinski definition) is 2. The molecule has 23 heavy (non-hydrogen) atoms. The summed E-state index contributed by atoms with van der Waals surface area (Å²) in [5.41, 5.74) is 0.730. The van der Waals surface area contributed by atoms with Gasteiger partial charge in [0.25, 0.3) is 0 Å². The molecule has 0 radical (unpaired) electrons. The minimum Gasteiger partial charge on any atom is -0.495 e. The third kappa shape index (κ3) is 6.37. The van der Waals surface area contributed by atoms with Crippen molar-refractivity contribution in [1.29, 1.82) is 0 Å². The summed E-state index contributed by atoms with van der Waals surface area (Å²) in [5, 5.41) is 6.33. The van der Waals surface area contributed by atoms with Gasteiger partial charge in [0.15, 0.2) is 0 Å². The monoisotopic (exact) mass is 341 g/mol. The number of halogens is 1. The van der Waals surface area contributed by atoms with E-state index in [1.165, 1.54) is 12.8 Å². The van der Waals surface area contributed by atoms with Gasteiger partial charge in [0, 0.05) is 6.54 Å². The topological polar surface area (TPSA) is 53.6 Å². The summed E-state index contributed by atoms with van der Waals surface area (Å²) in [5.74, 6) is 1.40. The molecule has 1 aliphatic rings. The molecule has 0 aromatic heterocycles. The van der Waals surface area contributed by atoms with E-state index >= 15 is 0 Å². The molecule has 2 rings (SSSR count). The number of para-hydroxylation sites is 2. The van der Waals surface area contributed by atoms with E-state index in [9.17, 15) is 4.79 Å². The molecular weight excluding hydrogens is 314 g/mol. The largest absolute Gasteiger partial charge is 0.495 e. The first kappa shape index (κ1) is 19.7. The van der Waals surface area contributed by atoms with E-state index in [0.717, 1.165) is 31.9 Å². The first-order valence-electron chi connectivity index (χ1n) is 8.09. The second kappa shape index (κ2) is 10.5. The second-order valence-electron chi connectivity index (χ2n) is 5.77. The Bertz CT molecular complexity index is 479. The van der Waals surface area contributed by atoms with Gasteiger partial charge in [-0.25, -0.2) is 0 Å². The van der Waals surface area contributed by atoms with Crippen LogP contribution in [0.15, 0.2) is 24.3 Å². The Kier molecular flexibility index (Phi) is 8.99. The molecule has 1 aromatic carbocycles. The van der Waals surface area contributed by atoms with Crippen LogP contribution in [-0.4, -0.2) is 50.6 Å². The van der Waals surface area contributed by atoms with E-state index in [1.807, 2.05) is 24.3 Å². The lowest BCUT2D eigenvalue weighted by molar-refractivity contribution is -0.117. The summed E-state index contributed by atoms with van der Waals surface area (Å²) in [4.78, 5) is 14.5. The van der Waals surface area contributed by atoms with Crippen molar-refractivity contribution in [2.24, 2.45) is 5.92 Å². The average molecular weight is 342 g/mol. The van der Waals surface area contributed by atoms with Crippen molar-refractivity contribution in [3.63, 3.8) is 0 Å². The maximum atomic E-state index is 12.3. The van der Waals surface area contributed by atoms with Crippen LogP contribution in [0.4, 0.5) is 5.69 Å². The molecule has 0 unspecified atom stereocenters. The van der Waals surface area contributed by atoms with Crippen molar-refractivity contribution >= 4 is 24.0 Å². The predicted molar refractivity (Wildman–Crippen MR) is 96.6 cm³/mol. The van der Waals surface area contributed by atoms with Crippen LogP contribution in [0.3, 0.4) is 0 Å². The Balaban J connectivity index is 0.00000264. The number of carbonyl (C=O) groups is 1. The summed E-state index contributed by atoms with van der Waals surface area (Å²) < 4.78 is 5.26. The summed E-state index contributed by atoms with van der Waals surface area (Å²) >= 11 is 0. The van der Waals surface area contributed by atoms with Crippen LogP contribution in [0.2, 0.25) is 0 Å². The molecule has 1 heterocycles. The Hall–Kier alpha value is -1.30. The van der Waals surface area contributed by atoms with E-state index in [1.54, 1.807) is 7.11 Å². The van der Waals surface area contributed by atoms with E-state index < -0.39 is 0 Å². The first-order chi connectivity index (χ1) is 10.7. The van der Waals surface area contributed by atoms with E-state index in [0.29, 0.717) is 18.2 Å². The zero-order chi connectivity index (χ0) is 15.8. The van der Waals surface area contributed by atoms with Gasteiger partial charge in [-0.3, -0.25) is 9.69 Å². The van der Waals surface area contributed by atoms with Gasteiger partial charge in [0.1, 0.15) is 5.75 Å². The molecule has 130 valence electrons. The molecule has 0 aliphatic carbocycles. The summed E-state index contributed by atoms with van der Waals surface area (Å²) in [7, 11) is 1.61. The summed E-state index contributed by atoms with van der Waals surface area (Å²) in [6.07, 6.45) is 2.40. The number of likely N-dealkylation sites (N-methyl/N-ethyl adjacent to an activating group) is 1. The molecular formula is C17H28ClN3O2. The lowest BCUT2D eigenvalue weighted by Gasteiger charge is -2.29. The zero-order valence-corrected chi connectivity index (χ0v) is 14.8. The Morgan fingerprint density at radius 1 is 1.35 bits per heavy atom. The number of piperidine rings is 1. The molecule has 1 aliphatic heterocycles. The fourth-order valence-corrected chi connectivity index (χ4v) is 2.88. The van der Waals surface area contributed by atoms with Gasteiger partial charge in [-0.2, -0.15) is 0 Å². The Labute approximate surface area is 145 Å². The molecule has 0 spiro atoms. The Morgan fingerprint density at radius 2 is 2.04 bits per heavy atom. The van der Waals surface area contributed by atoms with Gasteiger partial charge in [-0.05, 0) is 50.5 Å². The molecule has 1 saturated heterocycles. The highest BCUT2D eigenvalue weighted by Crippen LogP contribution is 2.23. The molecule has 1 fully saturated rings. The SMILES string of the molecule is CCN(CC(=O)Nc1ccccc1OC)CC1CCNCC1.Cl. The summed E-state index contributed by atoms with van der Waals surface area (Å²) in [6.45, 7) is 6.61. The van der Waals surface area contributed by atoms with Crippen molar-refractivity contribution in [2.45, 2.75) is 19.8 Å². The minimum absolute atomic E-state index is 0. The normalized spacial score (nSPS) is 15.1. The lowest BCUT2D eigenvalue weighted by Crippen LogP contribution is -2.39. The molecule has 0 bridgehead atoms. The third-order valence-corrected chi connectivity index (χ3v) is 4.17. The van der Waals surface area contributed by atoms with E-state index in [-0.39, 0.29) is 18.3 Å². The van der Waals surface area contributed by atoms with Crippen LogP contribution in [0, 0.1) is 5.92 Å². The lowest BCUT2D eigenvalue weighted by atomic mass is 9.97. The number of methoxy groups -OCH3 is 1. The van der Waals surface area contributed by atoms with Gasteiger partial charge in [-0.1, -0.05) is 19.1 Å². The van der Waals surface area contributed by atoms with Crippen molar-refractivity contribution in [2.75, 3.05) is 45.2 Å². The van der Waals surface area contributed by atoms with Gasteiger partial charge in [0.2, 0.25) is 5.91 Å². The van der Waals surface area contributed by atoms with E-state index in [2.05, 4.69) is 22.5 Å². The quantitative estimate of drug-likeness (QED) is 0.799. The molecule has 5 nitrogen and oxygen atoms in total. The second-order valence-corrected chi connectivity index (χ2v) is 5.77.